The summed E-state index contributed by atoms with van der Waals surface area (Å²) in [4.78, 5) is 4.13. The average molecular weight is 313 g/mol. The molecule has 0 radical (unpaired) electrons. The zero-order chi connectivity index (χ0) is 7.56. The molecule has 0 aromatic carbocycles. The van der Waals surface area contributed by atoms with Crippen LogP contribution in [-0.2, 0) is 6.54 Å². The van der Waals surface area contributed by atoms with Crippen molar-refractivity contribution in [2.45, 2.75) is 6.54 Å². The van der Waals surface area contributed by atoms with E-state index in [-0.39, 0.29) is 0 Å². The van der Waals surface area contributed by atoms with Gasteiger partial charge in [0.2, 0.25) is 0 Å². The lowest BCUT2D eigenvalue weighted by atomic mass is 10.3. The minimum atomic E-state index is 0.567. The van der Waals surface area contributed by atoms with Crippen LogP contribution in [0, 0.1) is 3.70 Å². The molecule has 0 aliphatic carbocycles. The molecule has 0 atom stereocenters. The van der Waals surface area contributed by atoms with E-state index in [9.17, 15) is 0 Å². The third-order valence-electron chi connectivity index (χ3n) is 1.06. The van der Waals surface area contributed by atoms with Crippen molar-refractivity contribution in [3.05, 3.63) is 26.0 Å². The van der Waals surface area contributed by atoms with Gasteiger partial charge in [0.15, 0.2) is 0 Å². The van der Waals surface area contributed by atoms with Gasteiger partial charge in [-0.2, -0.15) is 0 Å². The average Bonchev–Trinajstić information content (AvgIpc) is 1.85. The van der Waals surface area contributed by atoms with Crippen molar-refractivity contribution in [2.24, 2.45) is 5.73 Å². The maximum absolute atomic E-state index is 5.44. The predicted molar refractivity (Wildman–Crippen MR) is 52.5 cm³/mol. The maximum Gasteiger partial charge on any atom is 0.107 e. The van der Waals surface area contributed by atoms with Crippen LogP contribution >= 0.6 is 38.5 Å². The Balaban J connectivity index is 3.06. The molecule has 10 heavy (non-hydrogen) atoms. The molecule has 1 aromatic heterocycles. The number of hydrogen-bond donors (Lipinski definition) is 1. The van der Waals surface area contributed by atoms with Crippen molar-refractivity contribution in [1.29, 1.82) is 0 Å². The van der Waals surface area contributed by atoms with Crippen LogP contribution in [0.1, 0.15) is 5.56 Å². The fourth-order valence-electron chi connectivity index (χ4n) is 0.632. The van der Waals surface area contributed by atoms with E-state index in [0.29, 0.717) is 6.54 Å². The fourth-order valence-corrected chi connectivity index (χ4v) is 2.11. The summed E-state index contributed by atoms with van der Waals surface area (Å²) in [6.45, 7) is 0.567. The monoisotopic (exact) mass is 312 g/mol. The Morgan fingerprint density at radius 3 is 2.80 bits per heavy atom. The van der Waals surface area contributed by atoms with Gasteiger partial charge in [0.25, 0.3) is 0 Å². The number of halogens is 2. The summed E-state index contributed by atoms with van der Waals surface area (Å²) >= 11 is 5.44. The molecule has 0 fully saturated rings. The van der Waals surface area contributed by atoms with Crippen molar-refractivity contribution in [2.75, 3.05) is 0 Å². The van der Waals surface area contributed by atoms with Crippen LogP contribution in [0.3, 0.4) is 0 Å². The minimum absolute atomic E-state index is 0.567. The second-order valence-electron chi connectivity index (χ2n) is 1.82. The van der Waals surface area contributed by atoms with Crippen LogP contribution in [0.5, 0.6) is 0 Å². The van der Waals surface area contributed by atoms with Gasteiger partial charge in [0, 0.05) is 6.54 Å². The van der Waals surface area contributed by atoms with E-state index >= 15 is 0 Å². The van der Waals surface area contributed by atoms with Crippen LogP contribution in [0.15, 0.2) is 16.7 Å². The molecule has 0 aliphatic heterocycles. The van der Waals surface area contributed by atoms with Crippen LogP contribution in [0.25, 0.3) is 0 Å². The summed E-state index contributed by atoms with van der Waals surface area (Å²) in [5.74, 6) is 0. The first-order valence-corrected chi connectivity index (χ1v) is 4.61. The standard InChI is InChI=1S/C6H6BrIN2/c7-5-1-4(3-9)2-6(8)10-5/h1-2H,3,9H2. The molecule has 0 bridgehead atoms. The van der Waals surface area contributed by atoms with Gasteiger partial charge in [0.1, 0.15) is 8.30 Å². The Labute approximate surface area is 81.5 Å². The molecule has 0 saturated heterocycles. The third-order valence-corrected chi connectivity index (χ3v) is 2.02. The van der Waals surface area contributed by atoms with E-state index in [2.05, 4.69) is 43.5 Å². The summed E-state index contributed by atoms with van der Waals surface area (Å²) < 4.78 is 1.81. The number of hydrogen-bond acceptors (Lipinski definition) is 2. The normalized spacial score (nSPS) is 9.90. The highest BCUT2D eigenvalue weighted by molar-refractivity contribution is 14.1. The zero-order valence-electron chi connectivity index (χ0n) is 5.14. The summed E-state index contributed by atoms with van der Waals surface area (Å²) in [6, 6.07) is 3.88. The molecule has 0 aliphatic rings. The van der Waals surface area contributed by atoms with Crippen LogP contribution in [0.2, 0.25) is 0 Å². The Kier molecular flexibility index (Phi) is 3.06. The molecule has 1 heterocycles. The van der Waals surface area contributed by atoms with E-state index in [4.69, 9.17) is 5.73 Å². The molecule has 0 spiro atoms. The van der Waals surface area contributed by atoms with Crippen LogP contribution in [0.4, 0.5) is 0 Å². The van der Waals surface area contributed by atoms with Gasteiger partial charge < -0.3 is 5.73 Å². The van der Waals surface area contributed by atoms with Gasteiger partial charge in [-0.3, -0.25) is 0 Å². The van der Waals surface area contributed by atoms with Crippen molar-refractivity contribution in [1.82, 2.24) is 4.98 Å². The predicted octanol–water partition coefficient (Wildman–Crippen LogP) is 1.91. The Hall–Kier alpha value is 0.320. The molecule has 0 unspecified atom stereocenters. The van der Waals surface area contributed by atoms with Gasteiger partial charge in [-0.25, -0.2) is 4.98 Å². The summed E-state index contributed by atoms with van der Waals surface area (Å²) in [5.41, 5.74) is 6.54. The lowest BCUT2D eigenvalue weighted by Gasteiger charge is -1.97. The highest BCUT2D eigenvalue weighted by Gasteiger charge is 1.95. The number of rotatable bonds is 1. The molecule has 4 heteroatoms. The molecule has 0 saturated carbocycles. The fraction of sp³-hybridized carbons (Fsp3) is 0.167. The number of aromatic nitrogens is 1. The second-order valence-corrected chi connectivity index (χ2v) is 3.74. The molecule has 1 aromatic rings. The Morgan fingerprint density at radius 2 is 2.30 bits per heavy atom. The topological polar surface area (TPSA) is 38.9 Å². The van der Waals surface area contributed by atoms with Crippen molar-refractivity contribution in [3.8, 4) is 0 Å². The van der Waals surface area contributed by atoms with E-state index in [0.717, 1.165) is 13.9 Å². The molecule has 2 nitrogen and oxygen atoms in total. The van der Waals surface area contributed by atoms with Gasteiger partial charge >= 0.3 is 0 Å². The summed E-state index contributed by atoms with van der Waals surface area (Å²) in [5, 5.41) is 0. The first kappa shape index (κ1) is 8.42. The summed E-state index contributed by atoms with van der Waals surface area (Å²) in [6.07, 6.45) is 0. The lowest BCUT2D eigenvalue weighted by Crippen LogP contribution is -1.97. The van der Waals surface area contributed by atoms with E-state index < -0.39 is 0 Å². The smallest absolute Gasteiger partial charge is 0.107 e. The Morgan fingerprint density at radius 1 is 1.60 bits per heavy atom. The maximum atomic E-state index is 5.44. The number of pyridine rings is 1. The van der Waals surface area contributed by atoms with E-state index in [1.807, 2.05) is 12.1 Å². The van der Waals surface area contributed by atoms with Crippen LogP contribution < -0.4 is 5.73 Å². The van der Waals surface area contributed by atoms with Gasteiger partial charge in [-0.15, -0.1) is 0 Å². The molecule has 1 rings (SSSR count). The zero-order valence-corrected chi connectivity index (χ0v) is 8.89. The van der Waals surface area contributed by atoms with Crippen molar-refractivity contribution < 1.29 is 0 Å². The molecular weight excluding hydrogens is 307 g/mol. The van der Waals surface area contributed by atoms with Gasteiger partial charge in [-0.05, 0) is 56.2 Å². The van der Waals surface area contributed by atoms with E-state index in [1.165, 1.54) is 0 Å². The molecule has 2 N–H and O–H groups in total. The highest BCUT2D eigenvalue weighted by atomic mass is 127. The Bertz CT molecular complexity index is 219. The second kappa shape index (κ2) is 3.64. The lowest BCUT2D eigenvalue weighted by molar-refractivity contribution is 1.04. The third kappa shape index (κ3) is 2.17. The number of nitrogens with two attached hydrogens (primary N) is 1. The minimum Gasteiger partial charge on any atom is -0.326 e. The molecule has 54 valence electrons. The van der Waals surface area contributed by atoms with E-state index in [1.54, 1.807) is 0 Å². The van der Waals surface area contributed by atoms with Crippen molar-refractivity contribution in [3.63, 3.8) is 0 Å². The largest absolute Gasteiger partial charge is 0.326 e. The van der Waals surface area contributed by atoms with Crippen molar-refractivity contribution >= 4 is 38.5 Å². The number of nitrogens with zero attached hydrogens (tertiary/aromatic N) is 1. The van der Waals surface area contributed by atoms with Gasteiger partial charge in [-0.1, -0.05) is 0 Å². The quantitative estimate of drug-likeness (QED) is 0.635. The van der Waals surface area contributed by atoms with Gasteiger partial charge in [0.05, 0.1) is 0 Å². The SMILES string of the molecule is NCc1cc(Br)nc(I)c1. The first-order chi connectivity index (χ1) is 4.72. The summed E-state index contributed by atoms with van der Waals surface area (Å²) in [7, 11) is 0. The highest BCUT2D eigenvalue weighted by Crippen LogP contribution is 2.12. The van der Waals surface area contributed by atoms with Crippen LogP contribution in [-0.4, -0.2) is 4.98 Å². The first-order valence-electron chi connectivity index (χ1n) is 2.74. The molecule has 0 amide bonds. The molecular formula is C6H6BrIN2.